The molecular weight excluding hydrogens is 452 g/mol. The second kappa shape index (κ2) is 9.89. The average molecular weight is 479 g/mol. The van der Waals surface area contributed by atoms with Crippen LogP contribution in [-0.4, -0.2) is 51.9 Å². The first-order chi connectivity index (χ1) is 16.6. The predicted molar refractivity (Wildman–Crippen MR) is 128 cm³/mol. The fourth-order valence-corrected chi connectivity index (χ4v) is 4.24. The summed E-state index contributed by atoms with van der Waals surface area (Å²) in [6, 6.07) is 15.5. The van der Waals surface area contributed by atoms with E-state index in [9.17, 15) is 9.59 Å². The van der Waals surface area contributed by atoms with Crippen LogP contribution in [0.1, 0.15) is 41.6 Å². The summed E-state index contributed by atoms with van der Waals surface area (Å²) < 4.78 is 10.9. The average Bonchev–Trinajstić information content (AvgIpc) is 3.81. The van der Waals surface area contributed by atoms with Crippen molar-refractivity contribution < 1.29 is 18.7 Å². The van der Waals surface area contributed by atoms with Gasteiger partial charge in [-0.1, -0.05) is 23.9 Å². The lowest BCUT2D eigenvalue weighted by atomic mass is 10.1. The summed E-state index contributed by atoms with van der Waals surface area (Å²) in [6.45, 7) is 0.523. The molecule has 5 rings (SSSR count). The molecule has 2 aliphatic rings. The van der Waals surface area contributed by atoms with Gasteiger partial charge in [0.2, 0.25) is 11.8 Å². The normalized spacial score (nSPS) is 15.1. The van der Waals surface area contributed by atoms with Crippen LogP contribution in [0.4, 0.5) is 0 Å². The van der Waals surface area contributed by atoms with E-state index in [4.69, 9.17) is 9.15 Å². The Hall–Kier alpha value is -3.33. The van der Waals surface area contributed by atoms with Crippen LogP contribution in [0.5, 0.6) is 5.75 Å². The largest absolute Gasteiger partial charge is 0.497 e. The van der Waals surface area contributed by atoms with E-state index in [0.717, 1.165) is 42.6 Å². The number of nitrogens with one attached hydrogen (secondary N) is 1. The monoisotopic (exact) mass is 478 g/mol. The zero-order chi connectivity index (χ0) is 23.5. The number of methoxy groups -OCH3 is 1. The summed E-state index contributed by atoms with van der Waals surface area (Å²) in [5, 5.41) is 11.5. The summed E-state index contributed by atoms with van der Waals surface area (Å²) >= 11 is 1.24. The van der Waals surface area contributed by atoms with Gasteiger partial charge in [0.25, 0.3) is 11.1 Å². The molecule has 0 unspecified atom stereocenters. The third-order valence-electron chi connectivity index (χ3n) is 5.85. The highest BCUT2D eigenvalue weighted by molar-refractivity contribution is 7.99. The molecule has 2 saturated carbocycles. The minimum absolute atomic E-state index is 0.0332. The molecule has 2 amide bonds. The molecule has 1 aromatic heterocycles. The van der Waals surface area contributed by atoms with Crippen molar-refractivity contribution in [3.63, 3.8) is 0 Å². The quantitative estimate of drug-likeness (QED) is 0.441. The van der Waals surface area contributed by atoms with Crippen molar-refractivity contribution in [1.29, 1.82) is 0 Å². The fourth-order valence-electron chi connectivity index (χ4n) is 3.59. The van der Waals surface area contributed by atoms with E-state index in [2.05, 4.69) is 15.5 Å². The molecule has 3 aromatic rings. The summed E-state index contributed by atoms with van der Waals surface area (Å²) in [4.78, 5) is 27.1. The number of hydrogen-bond donors (Lipinski definition) is 1. The molecular formula is C25H26N4O4S. The number of amides is 2. The lowest BCUT2D eigenvalue weighted by Gasteiger charge is -2.22. The Morgan fingerprint density at radius 3 is 2.44 bits per heavy atom. The molecule has 2 aliphatic carbocycles. The van der Waals surface area contributed by atoms with E-state index in [1.807, 2.05) is 53.4 Å². The highest BCUT2D eigenvalue weighted by Gasteiger charge is 2.32. The van der Waals surface area contributed by atoms with E-state index in [1.165, 1.54) is 11.8 Å². The number of rotatable bonds is 10. The highest BCUT2D eigenvalue weighted by Crippen LogP contribution is 2.30. The summed E-state index contributed by atoms with van der Waals surface area (Å²) in [5.41, 5.74) is 2.45. The van der Waals surface area contributed by atoms with Crippen LogP contribution < -0.4 is 10.1 Å². The molecule has 0 saturated heterocycles. The highest BCUT2D eigenvalue weighted by atomic mass is 32.2. The molecule has 2 fully saturated rings. The van der Waals surface area contributed by atoms with Crippen molar-refractivity contribution >= 4 is 23.6 Å². The maximum absolute atomic E-state index is 13.0. The predicted octanol–water partition coefficient (Wildman–Crippen LogP) is 3.92. The zero-order valence-corrected chi connectivity index (χ0v) is 19.7. The Balaban J connectivity index is 1.17. The molecule has 2 aromatic carbocycles. The molecule has 1 N–H and O–H groups in total. The zero-order valence-electron chi connectivity index (χ0n) is 18.9. The topological polar surface area (TPSA) is 97.6 Å². The first kappa shape index (κ1) is 22.5. The summed E-state index contributed by atoms with van der Waals surface area (Å²) in [5.74, 6) is 1.38. The van der Waals surface area contributed by atoms with Crippen LogP contribution in [0.15, 0.2) is 58.2 Å². The first-order valence-corrected chi connectivity index (χ1v) is 12.4. The van der Waals surface area contributed by atoms with Crippen molar-refractivity contribution in [2.45, 2.75) is 49.5 Å². The third-order valence-corrected chi connectivity index (χ3v) is 6.66. The molecule has 0 spiro atoms. The van der Waals surface area contributed by atoms with Crippen molar-refractivity contribution in [3.8, 4) is 17.2 Å². The third kappa shape index (κ3) is 5.59. The van der Waals surface area contributed by atoms with Crippen LogP contribution in [-0.2, 0) is 11.3 Å². The molecule has 0 aliphatic heterocycles. The molecule has 0 bridgehead atoms. The minimum atomic E-state index is -0.0332. The number of thioether (sulfide) groups is 1. The van der Waals surface area contributed by atoms with Gasteiger partial charge in [0.05, 0.1) is 12.9 Å². The summed E-state index contributed by atoms with van der Waals surface area (Å²) in [6.07, 6.45) is 4.15. The van der Waals surface area contributed by atoms with E-state index >= 15 is 0 Å². The van der Waals surface area contributed by atoms with Gasteiger partial charge in [0, 0.05) is 29.8 Å². The second-order valence-corrected chi connectivity index (χ2v) is 9.51. The molecule has 0 radical (unpaired) electrons. The molecule has 9 heteroatoms. The smallest absolute Gasteiger partial charge is 0.277 e. The van der Waals surface area contributed by atoms with Gasteiger partial charge < -0.3 is 19.4 Å². The number of hydrogen-bond acceptors (Lipinski definition) is 7. The number of carbonyl (C=O) groups excluding carboxylic acids is 2. The minimum Gasteiger partial charge on any atom is -0.497 e. The molecule has 176 valence electrons. The van der Waals surface area contributed by atoms with E-state index in [1.54, 1.807) is 7.11 Å². The summed E-state index contributed by atoms with van der Waals surface area (Å²) in [7, 11) is 1.61. The van der Waals surface area contributed by atoms with Crippen LogP contribution in [0.25, 0.3) is 11.5 Å². The van der Waals surface area contributed by atoms with Gasteiger partial charge >= 0.3 is 0 Å². The Morgan fingerprint density at radius 1 is 1.06 bits per heavy atom. The van der Waals surface area contributed by atoms with E-state index < -0.39 is 0 Å². The standard InChI is InChI=1S/C25H26N4O4S/c1-32-21-12-6-18(7-13-21)24-27-28-25(33-24)34-15-22(30)29(20-10-11-20)14-16-2-4-17(5-3-16)23(31)26-19-8-9-19/h2-7,12-13,19-20H,8-11,14-15H2,1H3,(H,26,31). The van der Waals surface area contributed by atoms with Gasteiger partial charge in [-0.3, -0.25) is 9.59 Å². The molecule has 0 atom stereocenters. The Labute approximate surface area is 202 Å². The van der Waals surface area contributed by atoms with Crippen molar-refractivity contribution in [2.24, 2.45) is 0 Å². The maximum atomic E-state index is 13.0. The Bertz CT molecular complexity index is 1150. The lowest BCUT2D eigenvalue weighted by molar-refractivity contribution is -0.129. The van der Waals surface area contributed by atoms with Crippen LogP contribution >= 0.6 is 11.8 Å². The van der Waals surface area contributed by atoms with Crippen molar-refractivity contribution in [3.05, 3.63) is 59.7 Å². The molecule has 34 heavy (non-hydrogen) atoms. The second-order valence-electron chi connectivity index (χ2n) is 8.59. The van der Waals surface area contributed by atoms with Gasteiger partial charge in [0.15, 0.2) is 0 Å². The van der Waals surface area contributed by atoms with Gasteiger partial charge in [0.1, 0.15) is 5.75 Å². The van der Waals surface area contributed by atoms with Crippen LogP contribution in [0.2, 0.25) is 0 Å². The molecule has 8 nitrogen and oxygen atoms in total. The fraction of sp³-hybridized carbons (Fsp3) is 0.360. The number of nitrogens with zero attached hydrogens (tertiary/aromatic N) is 3. The molecule has 1 heterocycles. The first-order valence-electron chi connectivity index (χ1n) is 11.4. The number of ether oxygens (including phenoxy) is 1. The van der Waals surface area contributed by atoms with Gasteiger partial charge in [-0.25, -0.2) is 0 Å². The number of carbonyl (C=O) groups is 2. The Kier molecular flexibility index (Phi) is 6.53. The van der Waals surface area contributed by atoms with Gasteiger partial charge in [-0.05, 0) is 67.6 Å². The van der Waals surface area contributed by atoms with Crippen LogP contribution in [0.3, 0.4) is 0 Å². The van der Waals surface area contributed by atoms with Crippen molar-refractivity contribution in [1.82, 2.24) is 20.4 Å². The van der Waals surface area contributed by atoms with Gasteiger partial charge in [-0.15, -0.1) is 10.2 Å². The maximum Gasteiger partial charge on any atom is 0.277 e. The van der Waals surface area contributed by atoms with E-state index in [-0.39, 0.29) is 23.6 Å². The van der Waals surface area contributed by atoms with E-state index in [0.29, 0.717) is 29.3 Å². The Morgan fingerprint density at radius 2 is 1.79 bits per heavy atom. The lowest BCUT2D eigenvalue weighted by Crippen LogP contribution is -2.34. The number of aromatic nitrogens is 2. The van der Waals surface area contributed by atoms with Crippen LogP contribution in [0, 0.1) is 0 Å². The van der Waals surface area contributed by atoms with Crippen molar-refractivity contribution in [2.75, 3.05) is 12.9 Å². The SMILES string of the molecule is COc1ccc(-c2nnc(SCC(=O)N(Cc3ccc(C(=O)NC4CC4)cc3)C3CC3)o2)cc1. The number of benzene rings is 2. The van der Waals surface area contributed by atoms with Gasteiger partial charge in [-0.2, -0.15) is 0 Å².